The van der Waals surface area contributed by atoms with Crippen LogP contribution >= 0.6 is 0 Å². The van der Waals surface area contributed by atoms with Gasteiger partial charge in [-0.3, -0.25) is 4.79 Å². The summed E-state index contributed by atoms with van der Waals surface area (Å²) in [5, 5.41) is 2.75. The number of ether oxygens (including phenoxy) is 2. The maximum absolute atomic E-state index is 15.5. The SMILES string of the molecule is CN1C(=O)c2cccc(OC(F)F)c2[C@H]2C[C@@H]1c1nc3cc(F)c(-c4cnc(C(C)(C)NC(=O)OC(C)(C)C)nc4)cc3n12. The zero-order valence-electron chi connectivity index (χ0n) is 25.0. The standard InChI is InChI=1S/C31H31F3N6O4/c1-30(2,3)44-29(42)38-31(4,5)27-35-13-15(14-36-27)17-10-20-19(11-18(17)32)37-25-22-12-21(40(20)25)24-16(26(41)39(22)6)8-7-9-23(24)43-28(33)34/h7-11,13-14,21-22,28H,12H2,1-6H3,(H,38,42)/t21-,22-/m1/s1. The van der Waals surface area contributed by atoms with Gasteiger partial charge < -0.3 is 24.3 Å². The normalized spacial score (nSPS) is 17.9. The fourth-order valence-corrected chi connectivity index (χ4v) is 5.93. The molecule has 0 aliphatic carbocycles. The Hall–Kier alpha value is -4.68. The average Bonchev–Trinajstić information content (AvgIpc) is 3.43. The van der Waals surface area contributed by atoms with E-state index in [1.54, 1.807) is 53.8 Å². The van der Waals surface area contributed by atoms with Gasteiger partial charge in [0.05, 0.1) is 28.7 Å². The van der Waals surface area contributed by atoms with Gasteiger partial charge in [-0.2, -0.15) is 8.78 Å². The van der Waals surface area contributed by atoms with Crippen LogP contribution in [0.3, 0.4) is 0 Å². The van der Waals surface area contributed by atoms with E-state index in [2.05, 4.69) is 20.3 Å². The Labute approximate surface area is 251 Å². The number of nitrogens with zero attached hydrogens (tertiary/aromatic N) is 5. The number of alkyl halides is 2. The minimum Gasteiger partial charge on any atom is -0.444 e. The van der Waals surface area contributed by atoms with Crippen molar-refractivity contribution in [2.24, 2.45) is 0 Å². The van der Waals surface area contributed by atoms with E-state index in [-0.39, 0.29) is 22.8 Å². The molecular weight excluding hydrogens is 577 g/mol. The molecule has 0 saturated heterocycles. The highest BCUT2D eigenvalue weighted by Gasteiger charge is 2.45. The van der Waals surface area contributed by atoms with Crippen molar-refractivity contribution in [3.63, 3.8) is 0 Å². The average molecular weight is 609 g/mol. The zero-order chi connectivity index (χ0) is 31.7. The first kappa shape index (κ1) is 29.4. The van der Waals surface area contributed by atoms with Gasteiger partial charge in [0.1, 0.15) is 23.0 Å². The summed E-state index contributed by atoms with van der Waals surface area (Å²) in [7, 11) is 1.64. The molecule has 0 unspecified atom stereocenters. The van der Waals surface area contributed by atoms with Crippen molar-refractivity contribution in [2.75, 3.05) is 7.05 Å². The predicted molar refractivity (Wildman–Crippen MR) is 154 cm³/mol. The van der Waals surface area contributed by atoms with Crippen molar-refractivity contribution in [2.45, 2.75) is 70.9 Å². The van der Waals surface area contributed by atoms with Gasteiger partial charge in [-0.1, -0.05) is 6.07 Å². The second-order valence-electron chi connectivity index (χ2n) is 12.5. The molecule has 0 saturated carbocycles. The fraction of sp³-hybridized carbons (Fsp3) is 0.387. The van der Waals surface area contributed by atoms with E-state index in [9.17, 15) is 18.4 Å². The minimum atomic E-state index is -3.08. The van der Waals surface area contributed by atoms with E-state index in [0.29, 0.717) is 40.2 Å². The van der Waals surface area contributed by atoms with Crippen LogP contribution in [0.25, 0.3) is 22.2 Å². The molecule has 2 amide bonds. The summed E-state index contributed by atoms with van der Waals surface area (Å²) in [6.07, 6.45) is 2.69. The van der Waals surface area contributed by atoms with Crippen LogP contribution in [-0.4, -0.2) is 55.7 Å². The first-order valence-electron chi connectivity index (χ1n) is 14.0. The number of halogens is 3. The third-order valence-corrected chi connectivity index (χ3v) is 7.83. The van der Waals surface area contributed by atoms with Crippen molar-refractivity contribution in [3.8, 4) is 16.9 Å². The summed E-state index contributed by atoms with van der Waals surface area (Å²) >= 11 is 0. The van der Waals surface area contributed by atoms with Crippen LogP contribution in [0.5, 0.6) is 5.75 Å². The number of carbonyl (C=O) groups excluding carboxylic acids is 2. The molecule has 1 N–H and O–H groups in total. The van der Waals surface area contributed by atoms with E-state index in [0.717, 1.165) is 0 Å². The van der Waals surface area contributed by atoms with Gasteiger partial charge in [0, 0.05) is 54.2 Å². The molecule has 13 heteroatoms. The molecule has 2 bridgehead atoms. The lowest BCUT2D eigenvalue weighted by Gasteiger charge is -2.27. The molecule has 230 valence electrons. The topological polar surface area (TPSA) is 111 Å². The Morgan fingerprint density at radius 1 is 1.07 bits per heavy atom. The summed E-state index contributed by atoms with van der Waals surface area (Å²) in [5.41, 5.74) is 0.420. The number of imidazole rings is 1. The van der Waals surface area contributed by atoms with E-state index < -0.39 is 41.7 Å². The van der Waals surface area contributed by atoms with Gasteiger partial charge >= 0.3 is 12.7 Å². The Kier molecular flexibility index (Phi) is 6.82. The molecular formula is C31H31F3N6O4. The van der Waals surface area contributed by atoms with Gasteiger partial charge in [-0.25, -0.2) is 24.1 Å². The second kappa shape index (κ2) is 10.2. The number of nitrogens with one attached hydrogen (secondary N) is 1. The van der Waals surface area contributed by atoms with Crippen molar-refractivity contribution < 1.29 is 32.2 Å². The molecule has 2 atom stereocenters. The molecule has 4 heterocycles. The number of carbonyl (C=O) groups is 2. The number of benzene rings is 2. The minimum absolute atomic E-state index is 0.0893. The van der Waals surface area contributed by atoms with Gasteiger partial charge in [0.15, 0.2) is 5.82 Å². The number of fused-ring (bicyclic) bond motifs is 9. The number of hydrogen-bond acceptors (Lipinski definition) is 7. The van der Waals surface area contributed by atoms with Crippen LogP contribution in [0, 0.1) is 5.82 Å². The van der Waals surface area contributed by atoms with Crippen LogP contribution in [0.4, 0.5) is 18.0 Å². The number of alkyl carbamates (subject to hydrolysis) is 1. The van der Waals surface area contributed by atoms with E-state index in [4.69, 9.17) is 9.47 Å². The molecule has 0 spiro atoms. The van der Waals surface area contributed by atoms with E-state index in [1.165, 1.54) is 35.5 Å². The van der Waals surface area contributed by atoms with Crippen LogP contribution < -0.4 is 10.1 Å². The highest BCUT2D eigenvalue weighted by molar-refractivity contribution is 5.98. The molecule has 6 rings (SSSR count). The summed E-state index contributed by atoms with van der Waals surface area (Å²) in [5.74, 6) is -0.172. The number of rotatable bonds is 5. The van der Waals surface area contributed by atoms with Gasteiger partial charge in [0.2, 0.25) is 0 Å². The quantitative estimate of drug-likeness (QED) is 0.291. The third-order valence-electron chi connectivity index (χ3n) is 7.83. The van der Waals surface area contributed by atoms with E-state index in [1.807, 2.05) is 4.57 Å². The second-order valence-corrected chi connectivity index (χ2v) is 12.5. The van der Waals surface area contributed by atoms with Gasteiger partial charge in [0.25, 0.3) is 5.91 Å². The molecule has 2 aliphatic heterocycles. The summed E-state index contributed by atoms with van der Waals surface area (Å²) in [4.78, 5) is 40.7. The highest BCUT2D eigenvalue weighted by Crippen LogP contribution is 2.50. The third kappa shape index (κ3) is 4.99. The highest BCUT2D eigenvalue weighted by atomic mass is 19.3. The van der Waals surface area contributed by atoms with Crippen LogP contribution in [0.15, 0.2) is 42.7 Å². The maximum atomic E-state index is 15.5. The summed E-state index contributed by atoms with van der Waals surface area (Å²) in [6.45, 7) is 5.64. The Balaban J connectivity index is 1.41. The van der Waals surface area contributed by atoms with Gasteiger partial charge in [-0.05, 0) is 52.8 Å². The van der Waals surface area contributed by atoms with Crippen molar-refractivity contribution >= 4 is 23.0 Å². The summed E-state index contributed by atoms with van der Waals surface area (Å²) < 4.78 is 54.4. The number of amides is 2. The Morgan fingerprint density at radius 2 is 1.77 bits per heavy atom. The van der Waals surface area contributed by atoms with Crippen molar-refractivity contribution in [1.82, 2.24) is 29.7 Å². The van der Waals surface area contributed by atoms with Crippen molar-refractivity contribution in [3.05, 3.63) is 71.3 Å². The largest absolute Gasteiger partial charge is 0.444 e. The molecule has 0 fully saturated rings. The van der Waals surface area contributed by atoms with Gasteiger partial charge in [-0.15, -0.1) is 0 Å². The predicted octanol–water partition coefficient (Wildman–Crippen LogP) is 6.11. The molecule has 0 radical (unpaired) electrons. The lowest BCUT2D eigenvalue weighted by atomic mass is 9.97. The molecule has 2 aliphatic rings. The molecule has 4 aromatic rings. The van der Waals surface area contributed by atoms with E-state index >= 15 is 4.39 Å². The molecule has 2 aromatic heterocycles. The molecule has 44 heavy (non-hydrogen) atoms. The number of aromatic nitrogens is 4. The monoisotopic (exact) mass is 608 g/mol. The first-order valence-corrected chi connectivity index (χ1v) is 14.0. The van der Waals surface area contributed by atoms with Crippen LogP contribution in [-0.2, 0) is 10.3 Å². The zero-order valence-corrected chi connectivity index (χ0v) is 25.0. The van der Waals surface area contributed by atoms with Crippen molar-refractivity contribution in [1.29, 1.82) is 0 Å². The Bertz CT molecular complexity index is 1800. The molecule has 10 nitrogen and oxygen atoms in total. The van der Waals surface area contributed by atoms with Crippen LogP contribution in [0.1, 0.15) is 80.7 Å². The summed E-state index contributed by atoms with van der Waals surface area (Å²) in [6, 6.07) is 6.42. The maximum Gasteiger partial charge on any atom is 0.408 e. The smallest absolute Gasteiger partial charge is 0.408 e. The molecule has 2 aromatic carbocycles. The first-order chi connectivity index (χ1) is 20.6. The lowest BCUT2D eigenvalue weighted by Crippen LogP contribution is -2.44. The van der Waals surface area contributed by atoms with Crippen LogP contribution in [0.2, 0.25) is 0 Å². The Morgan fingerprint density at radius 3 is 2.43 bits per heavy atom. The number of hydrogen-bond donors (Lipinski definition) is 1. The fourth-order valence-electron chi connectivity index (χ4n) is 5.93. The lowest BCUT2D eigenvalue weighted by molar-refractivity contribution is -0.0507.